The van der Waals surface area contributed by atoms with Crippen molar-refractivity contribution in [2.45, 2.75) is 19.9 Å². The molecule has 7 nitrogen and oxygen atoms in total. The van der Waals surface area contributed by atoms with Gasteiger partial charge in [0.25, 0.3) is 5.56 Å². The maximum atomic E-state index is 12.8. The molecule has 0 spiro atoms. The topological polar surface area (TPSA) is 89.8 Å². The third kappa shape index (κ3) is 3.41. The number of nitrogens with one attached hydrogen (secondary N) is 1. The molecule has 0 fully saturated rings. The Bertz CT molecular complexity index is 1210. The Hall–Kier alpha value is -3.39. The highest BCUT2D eigenvalue weighted by atomic mass is 32.1. The van der Waals surface area contributed by atoms with E-state index in [1.54, 1.807) is 25.1 Å². The average Bonchev–Trinajstić information content (AvgIpc) is 3.18. The van der Waals surface area contributed by atoms with E-state index in [2.05, 4.69) is 19.2 Å². The first-order valence-corrected chi connectivity index (χ1v) is 9.45. The van der Waals surface area contributed by atoms with Crippen LogP contribution < -0.4 is 10.9 Å². The lowest BCUT2D eigenvalue weighted by Gasteiger charge is -2.15. The van der Waals surface area contributed by atoms with E-state index in [1.165, 1.54) is 10.7 Å². The van der Waals surface area contributed by atoms with Crippen molar-refractivity contribution in [2.75, 3.05) is 5.32 Å². The van der Waals surface area contributed by atoms with Gasteiger partial charge in [0.05, 0.1) is 23.1 Å². The molecule has 1 amide bonds. The largest absolute Gasteiger partial charge is 0.322 e. The van der Waals surface area contributed by atoms with Crippen LogP contribution in [0.5, 0.6) is 0 Å². The lowest BCUT2D eigenvalue weighted by atomic mass is 10.1. The van der Waals surface area contributed by atoms with Gasteiger partial charge >= 0.3 is 0 Å². The van der Waals surface area contributed by atoms with Crippen molar-refractivity contribution in [2.24, 2.45) is 0 Å². The Morgan fingerprint density at radius 3 is 2.64 bits per heavy atom. The van der Waals surface area contributed by atoms with Crippen molar-refractivity contribution >= 4 is 34.4 Å². The molecule has 0 saturated carbocycles. The Morgan fingerprint density at radius 2 is 1.86 bits per heavy atom. The van der Waals surface area contributed by atoms with Gasteiger partial charge in [0.2, 0.25) is 5.91 Å². The monoisotopic (exact) mass is 391 g/mol. The van der Waals surface area contributed by atoms with Crippen LogP contribution in [0.15, 0.2) is 59.4 Å². The number of carbonyl (C=O) groups excluding carboxylic acids is 1. The molecule has 0 radical (unpaired) electrons. The second-order valence-electron chi connectivity index (χ2n) is 6.47. The van der Waals surface area contributed by atoms with Gasteiger partial charge in [-0.2, -0.15) is 13.8 Å². The van der Waals surface area contributed by atoms with E-state index in [0.717, 1.165) is 22.9 Å². The van der Waals surface area contributed by atoms with Crippen LogP contribution in [0.25, 0.3) is 22.3 Å². The summed E-state index contributed by atoms with van der Waals surface area (Å²) in [5, 5.41) is 7.23. The van der Waals surface area contributed by atoms with Gasteiger partial charge in [0.1, 0.15) is 17.1 Å². The number of nitrogens with zero attached hydrogens (tertiary/aromatic N) is 4. The van der Waals surface area contributed by atoms with Gasteiger partial charge in [-0.25, -0.2) is 4.68 Å². The number of carbonyl (C=O) groups is 1. The Morgan fingerprint density at radius 1 is 1.07 bits per heavy atom. The summed E-state index contributed by atoms with van der Waals surface area (Å²) < 4.78 is 9.58. The van der Waals surface area contributed by atoms with Gasteiger partial charge in [-0.15, -0.1) is 0 Å². The van der Waals surface area contributed by atoms with Crippen LogP contribution in [-0.4, -0.2) is 24.4 Å². The van der Waals surface area contributed by atoms with Crippen LogP contribution >= 0.6 is 11.7 Å². The van der Waals surface area contributed by atoms with E-state index in [4.69, 9.17) is 0 Å². The second-order valence-corrected chi connectivity index (χ2v) is 7.00. The zero-order valence-corrected chi connectivity index (χ0v) is 16.1. The molecule has 0 unspecified atom stereocenters. The van der Waals surface area contributed by atoms with Crippen LogP contribution in [0.3, 0.4) is 0 Å². The first-order valence-electron chi connectivity index (χ1n) is 8.72. The van der Waals surface area contributed by atoms with Crippen LogP contribution in [0.2, 0.25) is 0 Å². The molecule has 4 rings (SSSR count). The van der Waals surface area contributed by atoms with Crippen LogP contribution in [0.4, 0.5) is 5.69 Å². The van der Waals surface area contributed by atoms with Crippen LogP contribution in [0, 0.1) is 6.92 Å². The first-order chi connectivity index (χ1) is 13.5. The number of rotatable bonds is 4. The molecular formula is C20H17N5O2S. The molecule has 1 atom stereocenters. The molecule has 0 aliphatic carbocycles. The van der Waals surface area contributed by atoms with Crippen molar-refractivity contribution in [1.29, 1.82) is 0 Å². The predicted molar refractivity (Wildman–Crippen MR) is 109 cm³/mol. The molecule has 2 heterocycles. The van der Waals surface area contributed by atoms with Gasteiger partial charge in [-0.3, -0.25) is 9.59 Å². The smallest absolute Gasteiger partial charge is 0.267 e. The molecule has 0 saturated heterocycles. The van der Waals surface area contributed by atoms with Crippen molar-refractivity contribution in [1.82, 2.24) is 18.5 Å². The third-order valence-corrected chi connectivity index (χ3v) is 5.01. The summed E-state index contributed by atoms with van der Waals surface area (Å²) >= 11 is 1.08. The van der Waals surface area contributed by atoms with E-state index in [-0.39, 0.29) is 11.5 Å². The molecule has 0 aliphatic heterocycles. The quantitative estimate of drug-likeness (QED) is 0.576. The van der Waals surface area contributed by atoms with Gasteiger partial charge in [-0.1, -0.05) is 35.9 Å². The SMILES string of the molecule is Cc1ccc(-c2ccc(=O)n([C@H](C)C(=O)Nc3cccc4nsnc34)n2)cc1. The fourth-order valence-electron chi connectivity index (χ4n) is 2.84. The van der Waals surface area contributed by atoms with Crippen molar-refractivity contribution in [3.8, 4) is 11.3 Å². The molecule has 0 bridgehead atoms. The Labute approximate surface area is 165 Å². The molecule has 2 aromatic carbocycles. The molecule has 0 aliphatic rings. The summed E-state index contributed by atoms with van der Waals surface area (Å²) in [5.41, 5.74) is 4.21. The molecule has 1 N–H and O–H groups in total. The highest BCUT2D eigenvalue weighted by Gasteiger charge is 2.19. The molecule has 28 heavy (non-hydrogen) atoms. The maximum Gasteiger partial charge on any atom is 0.267 e. The summed E-state index contributed by atoms with van der Waals surface area (Å²) in [7, 11) is 0. The first kappa shape index (κ1) is 18.0. The summed E-state index contributed by atoms with van der Waals surface area (Å²) in [6.07, 6.45) is 0. The summed E-state index contributed by atoms with van der Waals surface area (Å²) in [6.45, 7) is 3.64. The number of aryl methyl sites for hydroxylation is 1. The van der Waals surface area contributed by atoms with Crippen LogP contribution in [-0.2, 0) is 4.79 Å². The Kier molecular flexibility index (Phi) is 4.70. The van der Waals surface area contributed by atoms with Gasteiger partial charge in [-0.05, 0) is 32.0 Å². The highest BCUT2D eigenvalue weighted by Crippen LogP contribution is 2.22. The minimum absolute atomic E-state index is 0.341. The van der Waals surface area contributed by atoms with E-state index in [1.807, 2.05) is 37.3 Å². The number of amides is 1. The standard InChI is InChI=1S/C20H17N5O2S/c1-12-6-8-14(9-7-12)15-10-11-18(26)25(22-15)13(2)20(27)21-16-4-3-5-17-19(16)24-28-23-17/h3-11,13H,1-2H3,(H,21,27)/t13-/m1/s1. The lowest BCUT2D eigenvalue weighted by molar-refractivity contribution is -0.119. The maximum absolute atomic E-state index is 12.8. The summed E-state index contributed by atoms with van der Waals surface area (Å²) in [4.78, 5) is 25.1. The molecular weight excluding hydrogens is 374 g/mol. The fourth-order valence-corrected chi connectivity index (χ4v) is 3.39. The molecule has 4 aromatic rings. The number of aromatic nitrogens is 4. The van der Waals surface area contributed by atoms with Crippen molar-refractivity contribution in [3.63, 3.8) is 0 Å². The zero-order valence-electron chi connectivity index (χ0n) is 15.3. The van der Waals surface area contributed by atoms with Gasteiger partial charge < -0.3 is 5.32 Å². The van der Waals surface area contributed by atoms with Crippen LogP contribution in [0.1, 0.15) is 18.5 Å². The minimum atomic E-state index is -0.792. The van der Waals surface area contributed by atoms with Gasteiger partial charge in [0, 0.05) is 11.6 Å². The number of hydrogen-bond acceptors (Lipinski definition) is 6. The summed E-state index contributed by atoms with van der Waals surface area (Å²) in [5.74, 6) is -0.351. The van der Waals surface area contributed by atoms with E-state index >= 15 is 0 Å². The minimum Gasteiger partial charge on any atom is -0.322 e. The zero-order chi connectivity index (χ0) is 19.7. The number of hydrogen-bond donors (Lipinski definition) is 1. The summed E-state index contributed by atoms with van der Waals surface area (Å²) in [6, 6.07) is 15.5. The van der Waals surface area contributed by atoms with E-state index in [0.29, 0.717) is 22.4 Å². The third-order valence-electron chi connectivity index (χ3n) is 4.46. The highest BCUT2D eigenvalue weighted by molar-refractivity contribution is 7.00. The number of benzene rings is 2. The predicted octanol–water partition coefficient (Wildman–Crippen LogP) is 3.42. The van der Waals surface area contributed by atoms with Crippen molar-refractivity contribution < 1.29 is 4.79 Å². The Balaban J connectivity index is 1.63. The molecule has 8 heteroatoms. The van der Waals surface area contributed by atoms with E-state index < -0.39 is 6.04 Å². The average molecular weight is 391 g/mol. The molecule has 140 valence electrons. The van der Waals surface area contributed by atoms with Gasteiger partial charge in [0.15, 0.2) is 0 Å². The molecule has 2 aromatic heterocycles. The fraction of sp³-hybridized carbons (Fsp3) is 0.150. The number of anilines is 1. The number of fused-ring (bicyclic) bond motifs is 1. The van der Waals surface area contributed by atoms with E-state index in [9.17, 15) is 9.59 Å². The van der Waals surface area contributed by atoms with Crippen molar-refractivity contribution in [3.05, 3.63) is 70.5 Å². The second kappa shape index (κ2) is 7.32. The normalized spacial score (nSPS) is 12.1. The lowest BCUT2D eigenvalue weighted by Crippen LogP contribution is -2.33.